The minimum Gasteiger partial charge on any atom is -0.402 e. The molecule has 0 radical (unpaired) electrons. The third-order valence-electron chi connectivity index (χ3n) is 6.59. The maximum atomic E-state index is 13.6. The molecule has 1 aromatic heterocycles. The van der Waals surface area contributed by atoms with Crippen LogP contribution in [0.4, 0.5) is 0 Å². The van der Waals surface area contributed by atoms with Crippen LogP contribution >= 0.6 is 0 Å². The number of aliphatic hydroxyl groups excluding tert-OH is 3. The molecule has 2 heterocycles. The first-order valence-corrected chi connectivity index (χ1v) is 13.4. The van der Waals surface area contributed by atoms with Crippen LogP contribution in [0.5, 0.6) is 0 Å². The van der Waals surface area contributed by atoms with Gasteiger partial charge in [-0.3, -0.25) is 14.6 Å². The zero-order valence-electron chi connectivity index (χ0n) is 22.6. The molecule has 0 spiro atoms. The highest BCUT2D eigenvalue weighted by Gasteiger charge is 2.49. The summed E-state index contributed by atoms with van der Waals surface area (Å²) in [7, 11) is -0.950. The third-order valence-corrected chi connectivity index (χ3v) is 6.59. The Morgan fingerprint density at radius 1 is 1.05 bits per heavy atom. The maximum Gasteiger partial charge on any atom is 0.481 e. The predicted molar refractivity (Wildman–Crippen MR) is 144 cm³/mol. The lowest BCUT2D eigenvalue weighted by Crippen LogP contribution is -2.55. The van der Waals surface area contributed by atoms with Crippen molar-refractivity contribution in [2.24, 2.45) is 5.92 Å². The quantitative estimate of drug-likeness (QED) is 0.216. The molecule has 12 heteroatoms. The number of hydrogen-bond donors (Lipinski definition) is 5. The fourth-order valence-electron chi connectivity index (χ4n) is 4.57. The van der Waals surface area contributed by atoms with Crippen molar-refractivity contribution < 1.29 is 34.2 Å². The number of carbonyl (C=O) groups is 2. The van der Waals surface area contributed by atoms with E-state index in [0.29, 0.717) is 12.8 Å². The number of benzene rings is 1. The van der Waals surface area contributed by atoms with E-state index in [4.69, 9.17) is 9.31 Å². The summed E-state index contributed by atoms with van der Waals surface area (Å²) in [6.07, 6.45) is 1.66. The van der Waals surface area contributed by atoms with Crippen LogP contribution in [0.3, 0.4) is 0 Å². The Morgan fingerprint density at radius 3 is 2.33 bits per heavy atom. The number of nitrogens with one attached hydrogen (secondary N) is 2. The number of rotatable bonds is 14. The van der Waals surface area contributed by atoms with Crippen LogP contribution in [0.25, 0.3) is 0 Å². The molecule has 2 aromatic rings. The fraction of sp³-hybridized carbons (Fsp3) is 0.556. The predicted octanol–water partition coefficient (Wildman–Crippen LogP) is 0.674. The summed E-state index contributed by atoms with van der Waals surface area (Å²) in [5, 5.41) is 36.2. The van der Waals surface area contributed by atoms with E-state index in [1.165, 1.54) is 18.6 Å². The van der Waals surface area contributed by atoms with Gasteiger partial charge in [0.2, 0.25) is 5.91 Å². The minimum atomic E-state index is -1.06. The second-order valence-corrected chi connectivity index (χ2v) is 10.2. The summed E-state index contributed by atoms with van der Waals surface area (Å²) < 4.78 is 12.1. The van der Waals surface area contributed by atoms with Crippen LogP contribution in [0.2, 0.25) is 0 Å². The van der Waals surface area contributed by atoms with E-state index in [1.807, 2.05) is 44.2 Å². The Morgan fingerprint density at radius 2 is 1.74 bits per heavy atom. The highest BCUT2D eigenvalue weighted by molar-refractivity contribution is 6.47. The van der Waals surface area contributed by atoms with Gasteiger partial charge in [-0.05, 0) is 30.7 Å². The zero-order valence-corrected chi connectivity index (χ0v) is 22.6. The van der Waals surface area contributed by atoms with Crippen LogP contribution in [0.15, 0.2) is 48.9 Å². The van der Waals surface area contributed by atoms with Gasteiger partial charge in [0.25, 0.3) is 5.91 Å². The smallest absolute Gasteiger partial charge is 0.402 e. The molecule has 1 aromatic carbocycles. The maximum absolute atomic E-state index is 13.6. The summed E-state index contributed by atoms with van der Waals surface area (Å²) in [5.41, 5.74) is 0.936. The van der Waals surface area contributed by atoms with Crippen molar-refractivity contribution in [3.63, 3.8) is 0 Å². The topological polar surface area (TPSA) is 163 Å². The second-order valence-electron chi connectivity index (χ2n) is 10.2. The molecule has 11 nitrogen and oxygen atoms in total. The second kappa shape index (κ2) is 15.0. The first-order valence-electron chi connectivity index (χ1n) is 13.4. The standard InChI is InChI=1S/C27H39BN4O7/c1-4-21(34)24-25(22(35)10-13-33)39-28(38-24)23(14-17(2)3)32-26(36)19(15-18-8-6-5-7-9-18)31-27(37)20-16-29-11-12-30-20/h5-9,11-12,16-17,19,21-25,33-35H,4,10,13-15H2,1-3H3,(H,31,37)(H,32,36)/t19-,21+,22+,23?,24+,25+/m0/s1. The lowest BCUT2D eigenvalue weighted by Gasteiger charge is -2.26. The lowest BCUT2D eigenvalue weighted by atomic mass is 9.74. The lowest BCUT2D eigenvalue weighted by molar-refractivity contribution is -0.123. The van der Waals surface area contributed by atoms with Gasteiger partial charge in [-0.25, -0.2) is 4.98 Å². The molecule has 0 bridgehead atoms. The molecule has 3 rings (SSSR count). The number of aliphatic hydroxyl groups is 3. The molecule has 1 aliphatic heterocycles. The minimum absolute atomic E-state index is 0.0580. The van der Waals surface area contributed by atoms with Gasteiger partial charge >= 0.3 is 7.12 Å². The van der Waals surface area contributed by atoms with E-state index in [0.717, 1.165) is 5.56 Å². The van der Waals surface area contributed by atoms with E-state index >= 15 is 0 Å². The van der Waals surface area contributed by atoms with E-state index in [2.05, 4.69) is 20.6 Å². The third kappa shape index (κ3) is 8.80. The molecule has 1 fully saturated rings. The molecular weight excluding hydrogens is 503 g/mol. The highest BCUT2D eigenvalue weighted by Crippen LogP contribution is 2.28. The summed E-state index contributed by atoms with van der Waals surface area (Å²) in [6.45, 7) is 5.52. The van der Waals surface area contributed by atoms with Crippen molar-refractivity contribution in [2.75, 3.05) is 6.61 Å². The van der Waals surface area contributed by atoms with Gasteiger partial charge in [0.15, 0.2) is 0 Å². The van der Waals surface area contributed by atoms with Crippen molar-refractivity contribution in [2.45, 2.75) is 82.9 Å². The molecule has 1 unspecified atom stereocenters. The van der Waals surface area contributed by atoms with Crippen molar-refractivity contribution >= 4 is 18.9 Å². The van der Waals surface area contributed by atoms with Crippen LogP contribution in [-0.4, -0.2) is 87.2 Å². The van der Waals surface area contributed by atoms with Gasteiger partial charge in [-0.15, -0.1) is 0 Å². The van der Waals surface area contributed by atoms with E-state index in [9.17, 15) is 24.9 Å². The molecule has 212 valence electrons. The van der Waals surface area contributed by atoms with Gasteiger partial charge in [-0.2, -0.15) is 0 Å². The van der Waals surface area contributed by atoms with E-state index in [1.54, 1.807) is 6.92 Å². The number of nitrogens with zero attached hydrogens (tertiary/aromatic N) is 2. The Labute approximate surface area is 229 Å². The highest BCUT2D eigenvalue weighted by atomic mass is 16.7. The monoisotopic (exact) mass is 542 g/mol. The Hall–Kier alpha value is -2.90. The largest absolute Gasteiger partial charge is 0.481 e. The summed E-state index contributed by atoms with van der Waals surface area (Å²) in [4.78, 5) is 34.5. The Kier molecular flexibility index (Phi) is 11.8. The van der Waals surface area contributed by atoms with Gasteiger partial charge < -0.3 is 35.3 Å². The van der Waals surface area contributed by atoms with Gasteiger partial charge in [0, 0.05) is 25.4 Å². The summed E-state index contributed by atoms with van der Waals surface area (Å²) in [5.74, 6) is -1.48. The van der Waals surface area contributed by atoms with Crippen LogP contribution < -0.4 is 10.6 Å². The Balaban J connectivity index is 1.82. The molecule has 2 amide bonds. The molecule has 6 atom stereocenters. The van der Waals surface area contributed by atoms with Gasteiger partial charge in [0.05, 0.1) is 36.6 Å². The molecule has 1 aliphatic rings. The molecule has 5 N–H and O–H groups in total. The van der Waals surface area contributed by atoms with Crippen molar-refractivity contribution in [1.29, 1.82) is 0 Å². The zero-order chi connectivity index (χ0) is 28.4. The number of carbonyl (C=O) groups excluding carboxylic acids is 2. The molecular formula is C27H39BN4O7. The normalized spacial score (nSPS) is 20.3. The van der Waals surface area contributed by atoms with Crippen LogP contribution in [-0.2, 0) is 20.5 Å². The van der Waals surface area contributed by atoms with Gasteiger partial charge in [0.1, 0.15) is 11.7 Å². The number of hydrogen-bond acceptors (Lipinski definition) is 9. The fourth-order valence-corrected chi connectivity index (χ4v) is 4.57. The molecule has 0 saturated carbocycles. The summed E-state index contributed by atoms with van der Waals surface area (Å²) >= 11 is 0. The average molecular weight is 542 g/mol. The summed E-state index contributed by atoms with van der Waals surface area (Å²) in [6, 6.07) is 8.38. The van der Waals surface area contributed by atoms with E-state index in [-0.39, 0.29) is 31.1 Å². The average Bonchev–Trinajstić information content (AvgIpc) is 3.38. The van der Waals surface area contributed by atoms with E-state index < -0.39 is 55.3 Å². The van der Waals surface area contributed by atoms with Crippen molar-refractivity contribution in [3.8, 4) is 0 Å². The Bertz CT molecular complexity index is 1030. The number of aromatic nitrogens is 2. The first kappa shape index (κ1) is 30.6. The van der Waals surface area contributed by atoms with Crippen molar-refractivity contribution in [3.05, 3.63) is 60.2 Å². The van der Waals surface area contributed by atoms with Crippen molar-refractivity contribution in [1.82, 2.24) is 20.6 Å². The SMILES string of the molecule is CC[C@@H](O)[C@H]1OB(C(CC(C)C)NC(=O)[C@H](Cc2ccccc2)NC(=O)c2cnccn2)O[C@@H]1[C@H](O)CCO. The van der Waals surface area contributed by atoms with Crippen LogP contribution in [0, 0.1) is 5.92 Å². The molecule has 1 saturated heterocycles. The molecule has 39 heavy (non-hydrogen) atoms. The first-order chi connectivity index (χ1) is 18.7. The van der Waals surface area contributed by atoms with Crippen LogP contribution in [0.1, 0.15) is 56.1 Å². The number of amides is 2. The van der Waals surface area contributed by atoms with Gasteiger partial charge in [-0.1, -0.05) is 51.1 Å². The molecule has 0 aliphatic carbocycles.